The third-order valence-electron chi connectivity index (χ3n) is 6.05. The standard InChI is InChI=1S/C17H17N3O3/c1-19-6-2-3-12(19)15(21)18-20-16(22)13-8-4-5-9(11-7-10(8)11)14(13)17(20)23/h2-6,8-11,13-14H,7H2,1H3,(H,18,21)/t8?,9?,10?,11?,13-,14+. The van der Waals surface area contributed by atoms with Gasteiger partial charge in [0.2, 0.25) is 0 Å². The molecule has 1 aromatic rings. The predicted octanol–water partition coefficient (Wildman–Crippen LogP) is 0.723. The lowest BCUT2D eigenvalue weighted by molar-refractivity contribution is -0.143. The fourth-order valence-corrected chi connectivity index (χ4v) is 4.92. The summed E-state index contributed by atoms with van der Waals surface area (Å²) in [6.45, 7) is 0. The molecule has 1 aromatic heterocycles. The highest BCUT2D eigenvalue weighted by Gasteiger charge is 2.67. The molecule has 118 valence electrons. The molecule has 2 saturated carbocycles. The highest BCUT2D eigenvalue weighted by Crippen LogP contribution is 2.65. The SMILES string of the molecule is Cn1cccc1C(=O)NN1C(=O)[C@@H]2C3C=CC(C4CC43)[C@@H]2C1=O. The predicted molar refractivity (Wildman–Crippen MR) is 79.4 cm³/mol. The fraction of sp³-hybridized carbons (Fsp3) is 0.471. The normalized spacial score (nSPS) is 39.4. The van der Waals surface area contributed by atoms with Gasteiger partial charge in [-0.15, -0.1) is 0 Å². The second-order valence-corrected chi connectivity index (χ2v) is 7.11. The summed E-state index contributed by atoms with van der Waals surface area (Å²) in [6, 6.07) is 3.41. The molecule has 5 aliphatic rings. The highest BCUT2D eigenvalue weighted by atomic mass is 16.2. The van der Waals surface area contributed by atoms with Crippen LogP contribution in [0.25, 0.3) is 0 Å². The van der Waals surface area contributed by atoms with Crippen molar-refractivity contribution in [3.05, 3.63) is 36.2 Å². The Morgan fingerprint density at radius 1 is 1.13 bits per heavy atom. The van der Waals surface area contributed by atoms with Crippen LogP contribution in [0.4, 0.5) is 0 Å². The number of nitrogens with one attached hydrogen (secondary N) is 1. The van der Waals surface area contributed by atoms with E-state index in [1.807, 2.05) is 0 Å². The van der Waals surface area contributed by atoms with E-state index in [4.69, 9.17) is 0 Å². The van der Waals surface area contributed by atoms with Gasteiger partial charge in [-0.05, 0) is 42.2 Å². The Morgan fingerprint density at radius 3 is 2.26 bits per heavy atom. The van der Waals surface area contributed by atoms with Crippen LogP contribution in [0.15, 0.2) is 30.5 Å². The van der Waals surface area contributed by atoms with Crippen LogP contribution in [0.3, 0.4) is 0 Å². The third kappa shape index (κ3) is 1.56. The zero-order valence-electron chi connectivity index (χ0n) is 12.7. The van der Waals surface area contributed by atoms with Crippen molar-refractivity contribution >= 4 is 17.7 Å². The number of allylic oxidation sites excluding steroid dienone is 2. The summed E-state index contributed by atoms with van der Waals surface area (Å²) in [5.41, 5.74) is 2.94. The Hall–Kier alpha value is -2.37. The van der Waals surface area contributed by atoms with Gasteiger partial charge < -0.3 is 4.57 Å². The maximum atomic E-state index is 12.7. The minimum absolute atomic E-state index is 0.170. The van der Waals surface area contributed by atoms with Gasteiger partial charge in [-0.3, -0.25) is 19.8 Å². The molecule has 0 radical (unpaired) electrons. The van der Waals surface area contributed by atoms with E-state index in [1.54, 1.807) is 29.9 Å². The van der Waals surface area contributed by atoms with E-state index >= 15 is 0 Å². The third-order valence-corrected chi connectivity index (χ3v) is 6.05. The molecular weight excluding hydrogens is 294 g/mol. The number of carbonyl (C=O) groups is 3. The maximum absolute atomic E-state index is 12.7. The molecule has 2 bridgehead atoms. The molecule has 1 saturated heterocycles. The van der Waals surface area contributed by atoms with Crippen molar-refractivity contribution in [3.63, 3.8) is 0 Å². The quantitative estimate of drug-likeness (QED) is 0.646. The molecule has 6 heteroatoms. The lowest BCUT2D eigenvalue weighted by atomic mass is 9.63. The van der Waals surface area contributed by atoms with Crippen molar-refractivity contribution in [1.82, 2.24) is 15.0 Å². The fourth-order valence-electron chi connectivity index (χ4n) is 4.92. The molecule has 6 nitrogen and oxygen atoms in total. The number of hydrogen-bond acceptors (Lipinski definition) is 3. The molecule has 3 amide bonds. The van der Waals surface area contributed by atoms with Crippen molar-refractivity contribution in [2.45, 2.75) is 6.42 Å². The van der Waals surface area contributed by atoms with E-state index in [9.17, 15) is 14.4 Å². The van der Waals surface area contributed by atoms with Crippen molar-refractivity contribution in [1.29, 1.82) is 0 Å². The second kappa shape index (κ2) is 4.13. The zero-order valence-corrected chi connectivity index (χ0v) is 12.7. The number of hydrazine groups is 1. The number of carbonyl (C=O) groups excluding carboxylic acids is 3. The first-order valence-corrected chi connectivity index (χ1v) is 8.06. The first-order valence-electron chi connectivity index (χ1n) is 8.06. The van der Waals surface area contributed by atoms with E-state index < -0.39 is 5.91 Å². The molecule has 4 unspecified atom stereocenters. The molecule has 1 N–H and O–H groups in total. The number of imide groups is 1. The molecule has 6 atom stereocenters. The van der Waals surface area contributed by atoms with Crippen molar-refractivity contribution < 1.29 is 14.4 Å². The number of nitrogens with zero attached hydrogens (tertiary/aromatic N) is 2. The molecular formula is C17H17N3O3. The van der Waals surface area contributed by atoms with Crippen LogP contribution < -0.4 is 5.43 Å². The van der Waals surface area contributed by atoms with Crippen LogP contribution in [-0.4, -0.2) is 27.3 Å². The Kier molecular flexibility index (Phi) is 2.35. The van der Waals surface area contributed by atoms with Crippen LogP contribution in [0.2, 0.25) is 0 Å². The summed E-state index contributed by atoms with van der Waals surface area (Å²) in [5.74, 6) is -0.0161. The smallest absolute Gasteiger partial charge is 0.286 e. The Labute approximate surface area is 133 Å². The maximum Gasteiger partial charge on any atom is 0.286 e. The van der Waals surface area contributed by atoms with Crippen molar-refractivity contribution in [2.75, 3.05) is 0 Å². The van der Waals surface area contributed by atoms with Crippen LogP contribution in [-0.2, 0) is 16.6 Å². The van der Waals surface area contributed by atoms with E-state index in [0.717, 1.165) is 11.4 Å². The Morgan fingerprint density at radius 2 is 1.74 bits per heavy atom. The van der Waals surface area contributed by atoms with Gasteiger partial charge in [0.1, 0.15) is 5.69 Å². The lowest BCUT2D eigenvalue weighted by Crippen LogP contribution is -2.47. The molecule has 1 aliphatic heterocycles. The average molecular weight is 311 g/mol. The van der Waals surface area contributed by atoms with Crippen LogP contribution in [0.1, 0.15) is 16.9 Å². The van der Waals surface area contributed by atoms with Gasteiger partial charge >= 0.3 is 0 Å². The first-order chi connectivity index (χ1) is 11.1. The summed E-state index contributed by atoms with van der Waals surface area (Å²) in [7, 11) is 1.75. The van der Waals surface area contributed by atoms with E-state index in [-0.39, 0.29) is 35.5 Å². The van der Waals surface area contributed by atoms with Gasteiger partial charge in [0, 0.05) is 13.2 Å². The van der Waals surface area contributed by atoms with Crippen molar-refractivity contribution in [2.24, 2.45) is 42.6 Å². The monoisotopic (exact) mass is 311 g/mol. The van der Waals surface area contributed by atoms with Gasteiger partial charge in [-0.1, -0.05) is 12.2 Å². The molecule has 0 aromatic carbocycles. The summed E-state index contributed by atoms with van der Waals surface area (Å²) >= 11 is 0. The van der Waals surface area contributed by atoms with E-state index in [1.165, 1.54) is 0 Å². The topological polar surface area (TPSA) is 71.4 Å². The number of hydrogen-bond donors (Lipinski definition) is 1. The second-order valence-electron chi connectivity index (χ2n) is 7.11. The minimum Gasteiger partial charge on any atom is -0.347 e. The molecule has 4 aliphatic carbocycles. The van der Waals surface area contributed by atoms with Crippen LogP contribution in [0, 0.1) is 35.5 Å². The van der Waals surface area contributed by atoms with E-state index in [2.05, 4.69) is 17.6 Å². The Balaban J connectivity index is 1.43. The van der Waals surface area contributed by atoms with Crippen LogP contribution in [0.5, 0.6) is 0 Å². The lowest BCUT2D eigenvalue weighted by Gasteiger charge is -2.37. The van der Waals surface area contributed by atoms with Gasteiger partial charge in [0.15, 0.2) is 0 Å². The minimum atomic E-state index is -0.427. The van der Waals surface area contributed by atoms with Crippen molar-refractivity contribution in [3.8, 4) is 0 Å². The summed E-state index contributed by atoms with van der Waals surface area (Å²) in [6.07, 6.45) is 7.12. The summed E-state index contributed by atoms with van der Waals surface area (Å²) < 4.78 is 1.66. The average Bonchev–Trinajstić information content (AvgIpc) is 3.21. The first kappa shape index (κ1) is 13.1. The molecule has 0 spiro atoms. The van der Waals surface area contributed by atoms with Crippen LogP contribution >= 0.6 is 0 Å². The number of aromatic nitrogens is 1. The van der Waals surface area contributed by atoms with Gasteiger partial charge in [-0.2, -0.15) is 5.01 Å². The van der Waals surface area contributed by atoms with Gasteiger partial charge in [-0.25, -0.2) is 0 Å². The Bertz CT molecular complexity index is 744. The number of rotatable bonds is 2. The number of amides is 3. The largest absolute Gasteiger partial charge is 0.347 e. The van der Waals surface area contributed by atoms with E-state index in [0.29, 0.717) is 17.5 Å². The molecule has 6 rings (SSSR count). The number of aryl methyl sites for hydroxylation is 1. The zero-order chi connectivity index (χ0) is 15.9. The molecule has 23 heavy (non-hydrogen) atoms. The van der Waals surface area contributed by atoms with Gasteiger partial charge in [0.05, 0.1) is 11.8 Å². The summed E-state index contributed by atoms with van der Waals surface area (Å²) in [5, 5.41) is 0.975. The summed E-state index contributed by atoms with van der Waals surface area (Å²) in [4.78, 5) is 37.8. The highest BCUT2D eigenvalue weighted by molar-refractivity contribution is 6.08. The molecule has 3 fully saturated rings. The molecule has 2 heterocycles. The van der Waals surface area contributed by atoms with Gasteiger partial charge in [0.25, 0.3) is 17.7 Å².